The van der Waals surface area contributed by atoms with E-state index in [-0.39, 0.29) is 23.2 Å². The molecular weight excluding hydrogens is 157 g/mol. The molecule has 0 saturated carbocycles. The second kappa shape index (κ2) is 2.77. The van der Waals surface area contributed by atoms with Gasteiger partial charge in [-0.2, -0.15) is 0 Å². The van der Waals surface area contributed by atoms with Gasteiger partial charge < -0.3 is 11.1 Å². The van der Waals surface area contributed by atoms with Crippen molar-refractivity contribution in [3.8, 4) is 0 Å². The Labute approximate surface area is 71.5 Å². The average Bonchev–Trinajstić information content (AvgIpc) is 1.92. The standard InChI is InChI=1S/C8H14FN3/c1-8(2,3)6-5(9)4-11-7(10)12-6/h4,6H,1-3H3,(H3,10,11,12). The van der Waals surface area contributed by atoms with Crippen LogP contribution in [0.2, 0.25) is 0 Å². The van der Waals surface area contributed by atoms with Crippen molar-refractivity contribution < 1.29 is 4.39 Å². The minimum Gasteiger partial charge on any atom is -0.370 e. The van der Waals surface area contributed by atoms with Crippen LogP contribution in [0.4, 0.5) is 4.39 Å². The third kappa shape index (κ3) is 1.75. The largest absolute Gasteiger partial charge is 0.370 e. The van der Waals surface area contributed by atoms with Crippen molar-refractivity contribution in [1.29, 1.82) is 0 Å². The molecule has 12 heavy (non-hydrogen) atoms. The Hall–Kier alpha value is -1.06. The van der Waals surface area contributed by atoms with Gasteiger partial charge >= 0.3 is 0 Å². The summed E-state index contributed by atoms with van der Waals surface area (Å²) < 4.78 is 13.2. The van der Waals surface area contributed by atoms with Crippen LogP contribution >= 0.6 is 0 Å². The van der Waals surface area contributed by atoms with Crippen molar-refractivity contribution in [2.75, 3.05) is 0 Å². The molecule has 1 aliphatic rings. The minimum absolute atomic E-state index is 0.193. The van der Waals surface area contributed by atoms with E-state index in [0.29, 0.717) is 0 Å². The maximum atomic E-state index is 13.2. The molecule has 0 spiro atoms. The lowest BCUT2D eigenvalue weighted by Crippen LogP contribution is -2.48. The molecule has 1 aliphatic heterocycles. The van der Waals surface area contributed by atoms with Crippen LogP contribution < -0.4 is 11.1 Å². The zero-order valence-corrected chi connectivity index (χ0v) is 7.56. The quantitative estimate of drug-likeness (QED) is 0.574. The van der Waals surface area contributed by atoms with E-state index in [2.05, 4.69) is 10.3 Å². The highest BCUT2D eigenvalue weighted by Gasteiger charge is 2.30. The summed E-state index contributed by atoms with van der Waals surface area (Å²) in [5.41, 5.74) is 5.22. The van der Waals surface area contributed by atoms with Crippen LogP contribution in [-0.4, -0.2) is 12.0 Å². The first-order valence-electron chi connectivity index (χ1n) is 3.86. The van der Waals surface area contributed by atoms with Crippen molar-refractivity contribution in [2.45, 2.75) is 26.8 Å². The summed E-state index contributed by atoms with van der Waals surface area (Å²) in [5, 5.41) is 2.79. The van der Waals surface area contributed by atoms with E-state index in [1.165, 1.54) is 6.20 Å². The highest BCUT2D eigenvalue weighted by atomic mass is 19.1. The SMILES string of the molecule is CC(C)(C)C1NC(N)=NC=C1F. The molecule has 1 heterocycles. The van der Waals surface area contributed by atoms with Crippen LogP contribution in [0.1, 0.15) is 20.8 Å². The van der Waals surface area contributed by atoms with Gasteiger partial charge in [0, 0.05) is 0 Å². The van der Waals surface area contributed by atoms with Crippen LogP contribution in [0, 0.1) is 5.41 Å². The maximum Gasteiger partial charge on any atom is 0.193 e. The molecule has 1 atom stereocenters. The fraction of sp³-hybridized carbons (Fsp3) is 0.625. The molecule has 0 saturated heterocycles. The molecule has 0 bridgehead atoms. The molecule has 3 nitrogen and oxygen atoms in total. The summed E-state index contributed by atoms with van der Waals surface area (Å²) >= 11 is 0. The van der Waals surface area contributed by atoms with Gasteiger partial charge in [-0.1, -0.05) is 20.8 Å². The predicted octanol–water partition coefficient (Wildman–Crippen LogP) is 1.13. The average molecular weight is 171 g/mol. The highest BCUT2D eigenvalue weighted by molar-refractivity contribution is 5.80. The van der Waals surface area contributed by atoms with E-state index < -0.39 is 0 Å². The Bertz CT molecular complexity index is 237. The van der Waals surface area contributed by atoms with Gasteiger partial charge in [0.25, 0.3) is 0 Å². The lowest BCUT2D eigenvalue weighted by Gasteiger charge is -2.31. The minimum atomic E-state index is -0.366. The van der Waals surface area contributed by atoms with Gasteiger partial charge in [-0.25, -0.2) is 9.38 Å². The van der Waals surface area contributed by atoms with Gasteiger partial charge in [-0.3, -0.25) is 0 Å². The van der Waals surface area contributed by atoms with E-state index in [1.807, 2.05) is 20.8 Å². The molecule has 68 valence electrons. The monoisotopic (exact) mass is 171 g/mol. The Morgan fingerprint density at radius 3 is 2.58 bits per heavy atom. The number of rotatable bonds is 0. The predicted molar refractivity (Wildman–Crippen MR) is 47.2 cm³/mol. The van der Waals surface area contributed by atoms with Crippen molar-refractivity contribution in [1.82, 2.24) is 5.32 Å². The Morgan fingerprint density at radius 1 is 1.58 bits per heavy atom. The highest BCUT2D eigenvalue weighted by Crippen LogP contribution is 2.26. The topological polar surface area (TPSA) is 50.4 Å². The fourth-order valence-electron chi connectivity index (χ4n) is 1.09. The molecule has 4 heteroatoms. The normalized spacial score (nSPS) is 24.2. The Balaban J connectivity index is 2.84. The van der Waals surface area contributed by atoms with E-state index in [1.54, 1.807) is 0 Å². The number of nitrogens with zero attached hydrogens (tertiary/aromatic N) is 1. The molecule has 1 rings (SSSR count). The number of aliphatic imine (C=N–C) groups is 1. The van der Waals surface area contributed by atoms with Gasteiger partial charge in [0.2, 0.25) is 0 Å². The zero-order valence-electron chi connectivity index (χ0n) is 7.56. The van der Waals surface area contributed by atoms with Crippen molar-refractivity contribution in [3.05, 3.63) is 12.0 Å². The van der Waals surface area contributed by atoms with Crippen molar-refractivity contribution >= 4 is 5.96 Å². The summed E-state index contributed by atoms with van der Waals surface area (Å²) in [6.45, 7) is 5.82. The Kier molecular flexibility index (Phi) is 2.08. The second-order valence-electron chi connectivity index (χ2n) is 3.97. The summed E-state index contributed by atoms with van der Waals surface area (Å²) in [6.07, 6.45) is 1.17. The van der Waals surface area contributed by atoms with Crippen LogP contribution in [-0.2, 0) is 0 Å². The number of nitrogens with one attached hydrogen (secondary N) is 1. The van der Waals surface area contributed by atoms with Gasteiger partial charge in [-0.05, 0) is 5.41 Å². The molecule has 1 unspecified atom stereocenters. The first-order chi connectivity index (χ1) is 5.41. The number of hydrogen-bond acceptors (Lipinski definition) is 3. The molecule has 0 aromatic heterocycles. The van der Waals surface area contributed by atoms with Crippen LogP contribution in [0.25, 0.3) is 0 Å². The molecule has 0 amide bonds. The number of halogens is 1. The van der Waals surface area contributed by atoms with Gasteiger partial charge in [0.15, 0.2) is 5.96 Å². The van der Waals surface area contributed by atoms with E-state index in [0.717, 1.165) is 0 Å². The maximum absolute atomic E-state index is 13.2. The van der Waals surface area contributed by atoms with E-state index in [9.17, 15) is 4.39 Å². The summed E-state index contributed by atoms with van der Waals surface area (Å²) in [6, 6.07) is -0.366. The number of nitrogens with two attached hydrogens (primary N) is 1. The molecule has 0 aliphatic carbocycles. The lowest BCUT2D eigenvalue weighted by molar-refractivity contribution is 0.290. The molecular formula is C8H14FN3. The zero-order chi connectivity index (χ0) is 9.35. The van der Waals surface area contributed by atoms with Crippen LogP contribution in [0.3, 0.4) is 0 Å². The molecule has 3 N–H and O–H groups in total. The molecule has 0 aromatic rings. The van der Waals surface area contributed by atoms with Crippen LogP contribution in [0.5, 0.6) is 0 Å². The number of hydrogen-bond donors (Lipinski definition) is 2. The summed E-state index contributed by atoms with van der Waals surface area (Å²) in [4.78, 5) is 3.62. The first-order valence-corrected chi connectivity index (χ1v) is 3.86. The third-order valence-electron chi connectivity index (χ3n) is 1.76. The molecule has 0 aromatic carbocycles. The number of guanidine groups is 1. The van der Waals surface area contributed by atoms with Crippen molar-refractivity contribution in [3.63, 3.8) is 0 Å². The second-order valence-corrected chi connectivity index (χ2v) is 3.97. The fourth-order valence-corrected chi connectivity index (χ4v) is 1.09. The molecule has 0 fully saturated rings. The van der Waals surface area contributed by atoms with Gasteiger partial charge in [0.05, 0.1) is 12.2 Å². The van der Waals surface area contributed by atoms with E-state index >= 15 is 0 Å². The van der Waals surface area contributed by atoms with Gasteiger partial charge in [-0.15, -0.1) is 0 Å². The molecule has 0 radical (unpaired) electrons. The third-order valence-corrected chi connectivity index (χ3v) is 1.76. The first kappa shape index (κ1) is 9.03. The van der Waals surface area contributed by atoms with Crippen molar-refractivity contribution in [2.24, 2.45) is 16.1 Å². The smallest absolute Gasteiger partial charge is 0.193 e. The van der Waals surface area contributed by atoms with Crippen LogP contribution in [0.15, 0.2) is 17.0 Å². The summed E-state index contributed by atoms with van der Waals surface area (Å²) in [5.74, 6) is 0.00743. The van der Waals surface area contributed by atoms with E-state index in [4.69, 9.17) is 5.73 Å². The summed E-state index contributed by atoms with van der Waals surface area (Å²) in [7, 11) is 0. The lowest BCUT2D eigenvalue weighted by atomic mass is 9.86. The Morgan fingerprint density at radius 2 is 2.17 bits per heavy atom. The van der Waals surface area contributed by atoms with Gasteiger partial charge in [0.1, 0.15) is 5.83 Å².